The lowest BCUT2D eigenvalue weighted by Crippen LogP contribution is -2.48. The minimum Gasteiger partial charge on any atom is -0.481 e. The van der Waals surface area contributed by atoms with Gasteiger partial charge in [-0.1, -0.05) is 26.0 Å². The van der Waals surface area contributed by atoms with Crippen LogP contribution in [0.3, 0.4) is 0 Å². The van der Waals surface area contributed by atoms with Crippen LogP contribution in [0, 0.1) is 5.41 Å². The molecule has 0 atom stereocenters. The van der Waals surface area contributed by atoms with E-state index in [-0.39, 0.29) is 12.6 Å². The highest BCUT2D eigenvalue weighted by molar-refractivity contribution is 5.78. The number of carbonyl (C=O) groups is 2. The summed E-state index contributed by atoms with van der Waals surface area (Å²) in [4.78, 5) is 24.9. The second-order valence-corrected chi connectivity index (χ2v) is 4.66. The van der Waals surface area contributed by atoms with E-state index in [2.05, 4.69) is 5.32 Å². The third-order valence-corrected chi connectivity index (χ3v) is 3.73. The Bertz CT molecular complexity index is 335. The van der Waals surface area contributed by atoms with Crippen molar-refractivity contribution in [1.29, 1.82) is 0 Å². The zero-order chi connectivity index (χ0) is 13.6. The van der Waals surface area contributed by atoms with Gasteiger partial charge in [0, 0.05) is 19.6 Å². The van der Waals surface area contributed by atoms with Gasteiger partial charge in [-0.05, 0) is 19.3 Å². The molecule has 0 spiro atoms. The van der Waals surface area contributed by atoms with Gasteiger partial charge in [0.2, 0.25) is 0 Å². The van der Waals surface area contributed by atoms with Crippen molar-refractivity contribution < 1.29 is 14.7 Å². The lowest BCUT2D eigenvalue weighted by Gasteiger charge is -2.29. The number of hydrogen-bond acceptors (Lipinski definition) is 2. The Hall–Kier alpha value is -1.52. The lowest BCUT2D eigenvalue weighted by atomic mass is 9.82. The summed E-state index contributed by atoms with van der Waals surface area (Å²) in [6.07, 6.45) is 5.88. The Balaban J connectivity index is 2.54. The Morgan fingerprint density at radius 1 is 1.33 bits per heavy atom. The fourth-order valence-electron chi connectivity index (χ4n) is 2.06. The van der Waals surface area contributed by atoms with E-state index in [1.807, 2.05) is 26.0 Å². The maximum Gasteiger partial charge on any atom is 0.317 e. The van der Waals surface area contributed by atoms with Gasteiger partial charge in [0.05, 0.1) is 5.41 Å². The number of carboxylic acids is 1. The number of hydrogen-bond donors (Lipinski definition) is 2. The molecule has 0 aliphatic carbocycles. The monoisotopic (exact) mass is 254 g/mol. The van der Waals surface area contributed by atoms with E-state index in [4.69, 9.17) is 0 Å². The number of urea groups is 1. The van der Waals surface area contributed by atoms with Crippen LogP contribution in [0.25, 0.3) is 0 Å². The van der Waals surface area contributed by atoms with Gasteiger partial charge in [-0.25, -0.2) is 4.79 Å². The van der Waals surface area contributed by atoms with Crippen molar-refractivity contribution in [1.82, 2.24) is 10.2 Å². The predicted molar refractivity (Wildman–Crippen MR) is 69.4 cm³/mol. The lowest BCUT2D eigenvalue weighted by molar-refractivity contribution is -0.149. The molecule has 0 fully saturated rings. The molecule has 18 heavy (non-hydrogen) atoms. The molecule has 0 saturated carbocycles. The smallest absolute Gasteiger partial charge is 0.317 e. The topological polar surface area (TPSA) is 69.6 Å². The van der Waals surface area contributed by atoms with E-state index >= 15 is 0 Å². The molecule has 0 unspecified atom stereocenters. The van der Waals surface area contributed by atoms with E-state index in [0.717, 1.165) is 6.42 Å². The standard InChI is InChI=1S/C13H22N2O3/c1-3-13(4-2,11(16)17)10-14-12(18)15-8-6-5-7-9-15/h5-6H,3-4,7-10H2,1-2H3,(H,14,18)(H,16,17). The molecule has 0 aromatic carbocycles. The maximum atomic E-state index is 11.9. The number of carboxylic acid groups (broad SMARTS) is 1. The first kappa shape index (κ1) is 14.5. The van der Waals surface area contributed by atoms with Crippen LogP contribution in [-0.4, -0.2) is 41.6 Å². The third-order valence-electron chi connectivity index (χ3n) is 3.73. The van der Waals surface area contributed by atoms with Crippen LogP contribution < -0.4 is 5.32 Å². The van der Waals surface area contributed by atoms with E-state index in [0.29, 0.717) is 25.9 Å². The molecule has 2 amide bonds. The molecular weight excluding hydrogens is 232 g/mol. The van der Waals surface area contributed by atoms with Gasteiger partial charge in [0.25, 0.3) is 0 Å². The normalized spacial score (nSPS) is 15.6. The molecule has 0 aromatic rings. The van der Waals surface area contributed by atoms with Crippen LogP contribution in [0.4, 0.5) is 4.79 Å². The summed E-state index contributed by atoms with van der Waals surface area (Å²) < 4.78 is 0. The maximum absolute atomic E-state index is 11.9. The SMILES string of the molecule is CCC(CC)(CNC(=O)N1CC=CCC1)C(=O)O. The van der Waals surface area contributed by atoms with Crippen molar-refractivity contribution in [3.05, 3.63) is 12.2 Å². The second-order valence-electron chi connectivity index (χ2n) is 4.66. The van der Waals surface area contributed by atoms with Gasteiger partial charge >= 0.3 is 12.0 Å². The Labute approximate surface area is 108 Å². The predicted octanol–water partition coefficient (Wildman–Crippen LogP) is 1.85. The first-order chi connectivity index (χ1) is 8.55. The van der Waals surface area contributed by atoms with Gasteiger partial charge in [0.15, 0.2) is 0 Å². The van der Waals surface area contributed by atoms with E-state index in [9.17, 15) is 14.7 Å². The first-order valence-electron chi connectivity index (χ1n) is 6.47. The zero-order valence-electron chi connectivity index (χ0n) is 11.1. The summed E-state index contributed by atoms with van der Waals surface area (Å²) in [6, 6.07) is -0.174. The van der Waals surface area contributed by atoms with Crippen molar-refractivity contribution in [2.75, 3.05) is 19.6 Å². The number of nitrogens with zero attached hydrogens (tertiary/aromatic N) is 1. The second kappa shape index (κ2) is 6.42. The van der Waals surface area contributed by atoms with Gasteiger partial charge in [-0.3, -0.25) is 4.79 Å². The summed E-state index contributed by atoms with van der Waals surface area (Å²) >= 11 is 0. The van der Waals surface area contributed by atoms with Crippen LogP contribution in [-0.2, 0) is 4.79 Å². The number of carbonyl (C=O) groups excluding carboxylic acids is 1. The molecule has 5 heteroatoms. The Morgan fingerprint density at radius 2 is 2.00 bits per heavy atom. The first-order valence-corrected chi connectivity index (χ1v) is 6.47. The van der Waals surface area contributed by atoms with Crippen molar-refractivity contribution in [3.8, 4) is 0 Å². The quantitative estimate of drug-likeness (QED) is 0.736. The van der Waals surface area contributed by atoms with E-state index in [1.165, 1.54) is 0 Å². The molecule has 102 valence electrons. The molecule has 0 radical (unpaired) electrons. The third kappa shape index (κ3) is 3.24. The highest BCUT2D eigenvalue weighted by Crippen LogP contribution is 2.25. The minimum absolute atomic E-state index is 0.174. The molecule has 0 saturated heterocycles. The fraction of sp³-hybridized carbons (Fsp3) is 0.692. The van der Waals surface area contributed by atoms with Crippen LogP contribution in [0.1, 0.15) is 33.1 Å². The summed E-state index contributed by atoms with van der Waals surface area (Å²) in [5, 5.41) is 12.0. The van der Waals surface area contributed by atoms with Crippen molar-refractivity contribution in [3.63, 3.8) is 0 Å². The molecule has 1 rings (SSSR count). The van der Waals surface area contributed by atoms with Crippen LogP contribution in [0.2, 0.25) is 0 Å². The molecule has 0 bridgehead atoms. The summed E-state index contributed by atoms with van der Waals surface area (Å²) in [5.74, 6) is -0.841. The van der Waals surface area contributed by atoms with Crippen LogP contribution >= 0.6 is 0 Å². The van der Waals surface area contributed by atoms with E-state index < -0.39 is 11.4 Å². The molecule has 1 heterocycles. The molecular formula is C13H22N2O3. The highest BCUT2D eigenvalue weighted by atomic mass is 16.4. The largest absolute Gasteiger partial charge is 0.481 e. The fourth-order valence-corrected chi connectivity index (χ4v) is 2.06. The number of nitrogens with one attached hydrogen (secondary N) is 1. The van der Waals surface area contributed by atoms with Crippen molar-refractivity contribution in [2.45, 2.75) is 33.1 Å². The summed E-state index contributed by atoms with van der Waals surface area (Å²) in [5.41, 5.74) is -0.846. The molecule has 0 aromatic heterocycles. The van der Waals surface area contributed by atoms with Gasteiger partial charge in [0.1, 0.15) is 0 Å². The Kier molecular flexibility index (Phi) is 5.19. The van der Waals surface area contributed by atoms with Crippen LogP contribution in [0.5, 0.6) is 0 Å². The molecule has 2 N–H and O–H groups in total. The van der Waals surface area contributed by atoms with Gasteiger partial charge in [-0.15, -0.1) is 0 Å². The average Bonchev–Trinajstić information content (AvgIpc) is 2.41. The number of amides is 2. The zero-order valence-corrected chi connectivity index (χ0v) is 11.1. The number of aliphatic carboxylic acids is 1. The summed E-state index contributed by atoms with van der Waals surface area (Å²) in [6.45, 7) is 5.17. The van der Waals surface area contributed by atoms with E-state index in [1.54, 1.807) is 4.90 Å². The molecule has 5 nitrogen and oxygen atoms in total. The number of rotatable bonds is 5. The van der Waals surface area contributed by atoms with Crippen molar-refractivity contribution in [2.24, 2.45) is 5.41 Å². The highest BCUT2D eigenvalue weighted by Gasteiger charge is 2.35. The average molecular weight is 254 g/mol. The van der Waals surface area contributed by atoms with Crippen molar-refractivity contribution >= 4 is 12.0 Å². The minimum atomic E-state index is -0.846. The molecule has 1 aliphatic heterocycles. The van der Waals surface area contributed by atoms with Crippen LogP contribution in [0.15, 0.2) is 12.2 Å². The van der Waals surface area contributed by atoms with Gasteiger partial charge < -0.3 is 15.3 Å². The summed E-state index contributed by atoms with van der Waals surface area (Å²) in [7, 11) is 0. The molecule has 1 aliphatic rings. The Morgan fingerprint density at radius 3 is 2.44 bits per heavy atom. The van der Waals surface area contributed by atoms with Gasteiger partial charge in [-0.2, -0.15) is 0 Å².